The van der Waals surface area contributed by atoms with Gasteiger partial charge in [0.25, 0.3) is 11.7 Å². The summed E-state index contributed by atoms with van der Waals surface area (Å²) in [6.45, 7) is 3.24. The van der Waals surface area contributed by atoms with Crippen molar-refractivity contribution in [3.63, 3.8) is 0 Å². The van der Waals surface area contributed by atoms with Gasteiger partial charge in [-0.15, -0.1) is 0 Å². The number of benzene rings is 2. The number of fused-ring (bicyclic) bond motifs is 1. The van der Waals surface area contributed by atoms with E-state index in [0.29, 0.717) is 42.4 Å². The van der Waals surface area contributed by atoms with E-state index >= 15 is 0 Å². The highest BCUT2D eigenvalue weighted by Crippen LogP contribution is 2.41. The predicted molar refractivity (Wildman–Crippen MR) is 109 cm³/mol. The van der Waals surface area contributed by atoms with Crippen molar-refractivity contribution >= 4 is 17.4 Å². The number of ether oxygens (including phenoxy) is 2. The van der Waals surface area contributed by atoms with Crippen molar-refractivity contribution in [2.45, 2.75) is 25.8 Å². The maximum absolute atomic E-state index is 12.9. The number of phenols is 1. The fourth-order valence-corrected chi connectivity index (χ4v) is 3.79. The molecule has 2 aliphatic heterocycles. The van der Waals surface area contributed by atoms with E-state index in [0.717, 1.165) is 12.8 Å². The minimum Gasteiger partial charge on any atom is -0.508 e. The van der Waals surface area contributed by atoms with Gasteiger partial charge in [0.2, 0.25) is 0 Å². The molecule has 2 aromatic carbocycles. The minimum atomic E-state index is -0.731. The summed E-state index contributed by atoms with van der Waals surface area (Å²) in [5, 5.41) is 20.7. The molecule has 30 heavy (non-hydrogen) atoms. The molecule has 2 heterocycles. The van der Waals surface area contributed by atoms with Crippen molar-refractivity contribution in [2.75, 3.05) is 19.8 Å². The van der Waals surface area contributed by atoms with E-state index in [-0.39, 0.29) is 17.1 Å². The Morgan fingerprint density at radius 2 is 1.77 bits per heavy atom. The van der Waals surface area contributed by atoms with Crippen LogP contribution in [0.25, 0.3) is 5.76 Å². The Kier molecular flexibility index (Phi) is 5.35. The van der Waals surface area contributed by atoms with Crippen LogP contribution in [0.3, 0.4) is 0 Å². The fourth-order valence-electron chi connectivity index (χ4n) is 3.79. The molecule has 1 amide bonds. The van der Waals surface area contributed by atoms with Gasteiger partial charge < -0.3 is 24.6 Å². The Morgan fingerprint density at radius 3 is 2.47 bits per heavy atom. The Balaban J connectivity index is 1.82. The molecule has 0 aliphatic carbocycles. The van der Waals surface area contributed by atoms with Gasteiger partial charge in [-0.25, -0.2) is 0 Å². The molecule has 2 aliphatic rings. The lowest BCUT2D eigenvalue weighted by Gasteiger charge is -2.25. The van der Waals surface area contributed by atoms with E-state index in [4.69, 9.17) is 9.47 Å². The lowest BCUT2D eigenvalue weighted by Crippen LogP contribution is -2.30. The number of Topliss-reactive ketones (excluding diaryl/α,β-unsaturated/α-hetero) is 1. The number of unbranched alkanes of at least 4 members (excludes halogenated alkanes) is 1. The lowest BCUT2D eigenvalue weighted by atomic mass is 9.95. The number of hydrogen-bond acceptors (Lipinski definition) is 6. The third-order valence-corrected chi connectivity index (χ3v) is 5.32. The van der Waals surface area contributed by atoms with Crippen molar-refractivity contribution in [3.8, 4) is 17.2 Å². The molecule has 0 aromatic heterocycles. The molecule has 7 nitrogen and oxygen atoms in total. The summed E-state index contributed by atoms with van der Waals surface area (Å²) in [4.78, 5) is 27.2. The average molecular weight is 409 g/mol. The molecular weight excluding hydrogens is 386 g/mol. The average Bonchev–Trinajstić information content (AvgIpc) is 3.02. The highest BCUT2D eigenvalue weighted by molar-refractivity contribution is 6.46. The molecule has 1 saturated heterocycles. The molecule has 2 N–H and O–H groups in total. The number of ketones is 1. The van der Waals surface area contributed by atoms with Gasteiger partial charge >= 0.3 is 0 Å². The summed E-state index contributed by atoms with van der Waals surface area (Å²) < 4.78 is 11.1. The van der Waals surface area contributed by atoms with E-state index in [9.17, 15) is 19.8 Å². The van der Waals surface area contributed by atoms with Crippen LogP contribution >= 0.6 is 0 Å². The summed E-state index contributed by atoms with van der Waals surface area (Å²) in [6.07, 6.45) is 1.58. The third-order valence-electron chi connectivity index (χ3n) is 5.32. The van der Waals surface area contributed by atoms with Crippen molar-refractivity contribution < 1.29 is 29.3 Å². The smallest absolute Gasteiger partial charge is 0.295 e. The first-order valence-electron chi connectivity index (χ1n) is 9.98. The summed E-state index contributed by atoms with van der Waals surface area (Å²) in [5.74, 6) is -0.501. The molecule has 1 fully saturated rings. The number of likely N-dealkylation sites (tertiary alicyclic amines) is 1. The number of aliphatic hydroxyl groups excluding tert-OH is 1. The van der Waals surface area contributed by atoms with Crippen LogP contribution in [-0.4, -0.2) is 46.6 Å². The zero-order chi connectivity index (χ0) is 21.3. The van der Waals surface area contributed by atoms with E-state index in [1.165, 1.54) is 17.0 Å². The number of aromatic hydroxyl groups is 1. The highest BCUT2D eigenvalue weighted by atomic mass is 16.6. The normalized spacial score (nSPS) is 19.9. The van der Waals surface area contributed by atoms with Crippen molar-refractivity contribution in [3.05, 3.63) is 59.2 Å². The van der Waals surface area contributed by atoms with Crippen LogP contribution in [0.4, 0.5) is 0 Å². The molecule has 156 valence electrons. The first-order valence-corrected chi connectivity index (χ1v) is 9.98. The SMILES string of the molecule is CCCCN1C(=O)C(=O)/C(=C(\O)c2ccc3c(c2)OCCO3)C1c1ccc(O)cc1. The van der Waals surface area contributed by atoms with Gasteiger partial charge in [-0.05, 0) is 42.3 Å². The summed E-state index contributed by atoms with van der Waals surface area (Å²) in [6, 6.07) is 10.5. The maximum atomic E-state index is 12.9. The number of nitrogens with zero attached hydrogens (tertiary/aromatic N) is 1. The van der Waals surface area contributed by atoms with Crippen molar-refractivity contribution in [1.29, 1.82) is 0 Å². The molecule has 0 spiro atoms. The van der Waals surface area contributed by atoms with Crippen LogP contribution in [0.5, 0.6) is 17.2 Å². The second-order valence-corrected chi connectivity index (χ2v) is 7.30. The molecule has 1 unspecified atom stereocenters. The number of phenolic OH excluding ortho intramolecular Hbond substituents is 1. The van der Waals surface area contributed by atoms with Gasteiger partial charge in [0, 0.05) is 12.1 Å². The topological polar surface area (TPSA) is 96.3 Å². The Bertz CT molecular complexity index is 1010. The second kappa shape index (κ2) is 8.10. The quantitative estimate of drug-likeness (QED) is 0.446. The first kappa shape index (κ1) is 19.8. The maximum Gasteiger partial charge on any atom is 0.295 e. The molecule has 2 aromatic rings. The van der Waals surface area contributed by atoms with Gasteiger partial charge in [-0.3, -0.25) is 9.59 Å². The molecule has 7 heteroatoms. The van der Waals surface area contributed by atoms with Crippen molar-refractivity contribution in [2.24, 2.45) is 0 Å². The van der Waals surface area contributed by atoms with Crippen LogP contribution in [0, 0.1) is 0 Å². The summed E-state index contributed by atoms with van der Waals surface area (Å²) in [5.41, 5.74) is 1.04. The number of aliphatic hydroxyl groups is 1. The Morgan fingerprint density at radius 1 is 1.07 bits per heavy atom. The number of carbonyl (C=O) groups is 2. The zero-order valence-corrected chi connectivity index (χ0v) is 16.6. The standard InChI is InChI=1S/C23H23NO6/c1-2-3-10-24-20(14-4-7-16(25)8-5-14)19(22(27)23(24)28)21(26)15-6-9-17-18(13-15)30-12-11-29-17/h4-9,13,20,25-26H,2-3,10-12H2,1H3/b21-19-. The Hall–Kier alpha value is -3.48. The second-order valence-electron chi connectivity index (χ2n) is 7.30. The molecule has 0 saturated carbocycles. The summed E-state index contributed by atoms with van der Waals surface area (Å²) >= 11 is 0. The highest BCUT2D eigenvalue weighted by Gasteiger charge is 2.45. The number of rotatable bonds is 5. The van der Waals surface area contributed by atoms with Gasteiger partial charge in [0.05, 0.1) is 11.6 Å². The third kappa shape index (κ3) is 3.47. The van der Waals surface area contributed by atoms with E-state index in [1.54, 1.807) is 30.3 Å². The van der Waals surface area contributed by atoms with Crippen molar-refractivity contribution in [1.82, 2.24) is 4.90 Å². The Labute approximate surface area is 174 Å². The van der Waals surface area contributed by atoms with Gasteiger partial charge in [0.1, 0.15) is 24.7 Å². The number of amides is 1. The van der Waals surface area contributed by atoms with Gasteiger partial charge in [0.15, 0.2) is 11.5 Å². The van der Waals surface area contributed by atoms with E-state index < -0.39 is 17.7 Å². The zero-order valence-electron chi connectivity index (χ0n) is 16.6. The molecule has 4 rings (SSSR count). The van der Waals surface area contributed by atoms with E-state index in [1.807, 2.05) is 6.92 Å². The molecule has 0 radical (unpaired) electrons. The molecular formula is C23H23NO6. The number of carbonyl (C=O) groups excluding carboxylic acids is 2. The van der Waals surface area contributed by atoms with Crippen LogP contribution in [-0.2, 0) is 9.59 Å². The van der Waals surface area contributed by atoms with E-state index in [2.05, 4.69) is 0 Å². The predicted octanol–water partition coefficient (Wildman–Crippen LogP) is 3.39. The molecule has 0 bridgehead atoms. The molecule has 1 atom stereocenters. The van der Waals surface area contributed by atoms with Crippen LogP contribution in [0.1, 0.15) is 36.9 Å². The minimum absolute atomic E-state index is 0.0264. The van der Waals surface area contributed by atoms with Crippen LogP contribution in [0.15, 0.2) is 48.0 Å². The van der Waals surface area contributed by atoms with Gasteiger partial charge in [-0.2, -0.15) is 0 Å². The van der Waals surface area contributed by atoms with Crippen LogP contribution in [0.2, 0.25) is 0 Å². The van der Waals surface area contributed by atoms with Gasteiger partial charge in [-0.1, -0.05) is 25.5 Å². The number of hydrogen-bond donors (Lipinski definition) is 2. The lowest BCUT2D eigenvalue weighted by molar-refractivity contribution is -0.139. The first-order chi connectivity index (χ1) is 14.5. The largest absolute Gasteiger partial charge is 0.508 e. The monoisotopic (exact) mass is 409 g/mol. The fraction of sp³-hybridized carbons (Fsp3) is 0.304. The van der Waals surface area contributed by atoms with Crippen LogP contribution < -0.4 is 9.47 Å². The summed E-state index contributed by atoms with van der Waals surface area (Å²) in [7, 11) is 0.